The van der Waals surface area contributed by atoms with Crippen LogP contribution in [0.5, 0.6) is 0 Å². The standard InChI is InChI=1S/C15H12F4N4O/c1-9(7-23-8-11(16)6-21-23)14(24)22-12-3-2-10(5-20)13(4-12)15(17,18)19/h2-4,6,8-9H,7H2,1H3,(H,22,24)/t9-/m0/s1. The highest BCUT2D eigenvalue weighted by atomic mass is 19.4. The summed E-state index contributed by atoms with van der Waals surface area (Å²) in [5, 5.41) is 14.8. The quantitative estimate of drug-likeness (QED) is 0.869. The van der Waals surface area contributed by atoms with Gasteiger partial charge in [0.25, 0.3) is 0 Å². The van der Waals surface area contributed by atoms with Crippen LogP contribution in [0.4, 0.5) is 23.2 Å². The van der Waals surface area contributed by atoms with Gasteiger partial charge < -0.3 is 5.32 Å². The zero-order chi connectivity index (χ0) is 17.9. The molecule has 1 N–H and O–H groups in total. The van der Waals surface area contributed by atoms with Gasteiger partial charge in [0.1, 0.15) is 0 Å². The summed E-state index contributed by atoms with van der Waals surface area (Å²) >= 11 is 0. The second-order valence-electron chi connectivity index (χ2n) is 5.14. The van der Waals surface area contributed by atoms with E-state index in [1.54, 1.807) is 0 Å². The summed E-state index contributed by atoms with van der Waals surface area (Å²) < 4.78 is 52.7. The van der Waals surface area contributed by atoms with Crippen molar-refractivity contribution < 1.29 is 22.4 Å². The summed E-state index contributed by atoms with van der Waals surface area (Å²) in [7, 11) is 0. The average Bonchev–Trinajstić information content (AvgIpc) is 2.91. The van der Waals surface area contributed by atoms with Crippen molar-refractivity contribution in [2.45, 2.75) is 19.6 Å². The summed E-state index contributed by atoms with van der Waals surface area (Å²) in [5.41, 5.74) is -1.73. The predicted molar refractivity (Wildman–Crippen MR) is 76.1 cm³/mol. The van der Waals surface area contributed by atoms with Crippen molar-refractivity contribution in [2.75, 3.05) is 5.32 Å². The third kappa shape index (κ3) is 4.10. The van der Waals surface area contributed by atoms with Crippen LogP contribution in [0.3, 0.4) is 0 Å². The number of nitrogens with zero attached hydrogens (tertiary/aromatic N) is 3. The van der Waals surface area contributed by atoms with Gasteiger partial charge in [0, 0.05) is 5.69 Å². The Balaban J connectivity index is 2.12. The Hall–Kier alpha value is -2.89. The lowest BCUT2D eigenvalue weighted by atomic mass is 10.1. The number of benzene rings is 1. The van der Waals surface area contributed by atoms with E-state index in [9.17, 15) is 22.4 Å². The number of carbonyl (C=O) groups excluding carboxylic acids is 1. The smallest absolute Gasteiger partial charge is 0.326 e. The van der Waals surface area contributed by atoms with E-state index >= 15 is 0 Å². The van der Waals surface area contributed by atoms with E-state index in [2.05, 4.69) is 10.4 Å². The van der Waals surface area contributed by atoms with E-state index < -0.39 is 34.9 Å². The first-order valence-corrected chi connectivity index (χ1v) is 6.81. The Morgan fingerprint density at radius 1 is 1.46 bits per heavy atom. The van der Waals surface area contributed by atoms with Gasteiger partial charge in [-0.05, 0) is 18.2 Å². The number of alkyl halides is 3. The van der Waals surface area contributed by atoms with E-state index in [1.165, 1.54) is 23.7 Å². The Morgan fingerprint density at radius 2 is 2.17 bits per heavy atom. The van der Waals surface area contributed by atoms with Gasteiger partial charge >= 0.3 is 6.18 Å². The van der Waals surface area contributed by atoms with Crippen molar-refractivity contribution in [3.8, 4) is 6.07 Å². The Labute approximate surface area is 134 Å². The highest BCUT2D eigenvalue weighted by molar-refractivity contribution is 5.92. The molecule has 2 rings (SSSR count). The lowest BCUT2D eigenvalue weighted by molar-refractivity contribution is -0.137. The average molecular weight is 340 g/mol. The number of aromatic nitrogens is 2. The largest absolute Gasteiger partial charge is 0.417 e. The molecule has 0 unspecified atom stereocenters. The molecule has 0 fully saturated rings. The third-order valence-electron chi connectivity index (χ3n) is 3.22. The minimum Gasteiger partial charge on any atom is -0.326 e. The van der Waals surface area contributed by atoms with Gasteiger partial charge in [0.05, 0.1) is 42.1 Å². The van der Waals surface area contributed by atoms with E-state index in [-0.39, 0.29) is 12.2 Å². The van der Waals surface area contributed by atoms with E-state index in [0.717, 1.165) is 18.5 Å². The van der Waals surface area contributed by atoms with Crippen molar-refractivity contribution in [3.63, 3.8) is 0 Å². The Kier molecular flexibility index (Phi) is 4.87. The zero-order valence-electron chi connectivity index (χ0n) is 12.4. The highest BCUT2D eigenvalue weighted by Crippen LogP contribution is 2.33. The maximum absolute atomic E-state index is 12.9. The molecule has 0 aliphatic carbocycles. The number of rotatable bonds is 4. The minimum atomic E-state index is -4.70. The fraction of sp³-hybridized carbons (Fsp3) is 0.267. The Bertz CT molecular complexity index is 792. The van der Waals surface area contributed by atoms with Crippen LogP contribution in [0.15, 0.2) is 30.6 Å². The summed E-state index contributed by atoms with van der Waals surface area (Å²) in [6.45, 7) is 1.60. The van der Waals surface area contributed by atoms with Crippen molar-refractivity contribution in [2.24, 2.45) is 5.92 Å². The van der Waals surface area contributed by atoms with Gasteiger partial charge in [-0.1, -0.05) is 6.92 Å². The molecule has 0 aliphatic rings. The third-order valence-corrected chi connectivity index (χ3v) is 3.22. The van der Waals surface area contributed by atoms with Crippen molar-refractivity contribution >= 4 is 11.6 Å². The molecule has 0 bridgehead atoms. The lowest BCUT2D eigenvalue weighted by Crippen LogP contribution is -2.25. The van der Waals surface area contributed by atoms with Crippen LogP contribution < -0.4 is 5.32 Å². The summed E-state index contributed by atoms with van der Waals surface area (Å²) in [4.78, 5) is 12.0. The van der Waals surface area contributed by atoms with E-state index in [4.69, 9.17) is 5.26 Å². The second kappa shape index (κ2) is 6.70. The monoisotopic (exact) mass is 340 g/mol. The molecule has 0 saturated heterocycles. The highest BCUT2D eigenvalue weighted by Gasteiger charge is 2.34. The molecule has 1 heterocycles. The summed E-state index contributed by atoms with van der Waals surface area (Å²) in [5.74, 6) is -1.76. The van der Waals surface area contributed by atoms with Crippen LogP contribution in [-0.4, -0.2) is 15.7 Å². The molecule has 2 aromatic rings. The molecule has 5 nitrogen and oxygen atoms in total. The molecule has 0 aliphatic heterocycles. The van der Waals surface area contributed by atoms with Crippen LogP contribution in [0.25, 0.3) is 0 Å². The van der Waals surface area contributed by atoms with Crippen molar-refractivity contribution in [1.82, 2.24) is 9.78 Å². The van der Waals surface area contributed by atoms with Gasteiger partial charge in [0.2, 0.25) is 5.91 Å². The van der Waals surface area contributed by atoms with Gasteiger partial charge in [-0.2, -0.15) is 23.5 Å². The van der Waals surface area contributed by atoms with Crippen LogP contribution in [-0.2, 0) is 17.5 Å². The topological polar surface area (TPSA) is 70.7 Å². The molecule has 24 heavy (non-hydrogen) atoms. The molecule has 0 saturated carbocycles. The van der Waals surface area contributed by atoms with Crippen LogP contribution in [0.1, 0.15) is 18.1 Å². The molecule has 1 amide bonds. The first-order valence-electron chi connectivity index (χ1n) is 6.81. The molecule has 1 aromatic heterocycles. The number of hydrogen-bond acceptors (Lipinski definition) is 3. The van der Waals surface area contributed by atoms with Crippen LogP contribution in [0, 0.1) is 23.1 Å². The fourth-order valence-corrected chi connectivity index (χ4v) is 2.02. The van der Waals surface area contributed by atoms with E-state index in [0.29, 0.717) is 6.07 Å². The molecule has 126 valence electrons. The van der Waals surface area contributed by atoms with E-state index in [1.807, 2.05) is 0 Å². The molecule has 0 radical (unpaired) electrons. The normalized spacial score (nSPS) is 12.5. The molecule has 1 atom stereocenters. The van der Waals surface area contributed by atoms with Crippen LogP contribution >= 0.6 is 0 Å². The minimum absolute atomic E-state index is 0.0676. The number of nitrogens with one attached hydrogen (secondary N) is 1. The lowest BCUT2D eigenvalue weighted by Gasteiger charge is -2.14. The summed E-state index contributed by atoms with van der Waals surface area (Å²) in [6.07, 6.45) is -2.61. The Morgan fingerprint density at radius 3 is 2.71 bits per heavy atom. The maximum atomic E-state index is 12.9. The number of carbonyl (C=O) groups is 1. The second-order valence-corrected chi connectivity index (χ2v) is 5.14. The molecular formula is C15H12F4N4O. The van der Waals surface area contributed by atoms with Gasteiger partial charge in [-0.3, -0.25) is 9.48 Å². The van der Waals surface area contributed by atoms with Crippen molar-refractivity contribution in [3.05, 3.63) is 47.5 Å². The SMILES string of the molecule is C[C@@H](Cn1cc(F)cn1)C(=O)Nc1ccc(C#N)c(C(F)(F)F)c1. The number of amides is 1. The molecular weight excluding hydrogens is 328 g/mol. The number of hydrogen-bond donors (Lipinski definition) is 1. The number of anilines is 1. The molecule has 1 aromatic carbocycles. The first-order chi connectivity index (χ1) is 11.2. The zero-order valence-corrected chi connectivity index (χ0v) is 12.4. The fourth-order valence-electron chi connectivity index (χ4n) is 2.02. The number of halogens is 4. The van der Waals surface area contributed by atoms with Crippen molar-refractivity contribution in [1.29, 1.82) is 5.26 Å². The maximum Gasteiger partial charge on any atom is 0.417 e. The van der Waals surface area contributed by atoms with Gasteiger partial charge in [0.15, 0.2) is 5.82 Å². The molecule has 0 spiro atoms. The number of nitriles is 1. The van der Waals surface area contributed by atoms with Gasteiger partial charge in [-0.15, -0.1) is 0 Å². The summed E-state index contributed by atoms with van der Waals surface area (Å²) in [6, 6.07) is 4.37. The first kappa shape index (κ1) is 17.5. The molecule has 9 heteroatoms. The van der Waals surface area contributed by atoms with Crippen LogP contribution in [0.2, 0.25) is 0 Å². The van der Waals surface area contributed by atoms with Gasteiger partial charge in [-0.25, -0.2) is 4.39 Å². The predicted octanol–water partition coefficient (Wildman–Crippen LogP) is 3.19.